The van der Waals surface area contributed by atoms with Crippen LogP contribution in [0.5, 0.6) is 0 Å². The second-order valence-corrected chi connectivity index (χ2v) is 2.96. The fraction of sp³-hybridized carbons (Fsp3) is 0.400. The van der Waals surface area contributed by atoms with Crippen LogP contribution in [0.4, 0.5) is 0 Å². The molecule has 1 heteroatoms. The van der Waals surface area contributed by atoms with E-state index in [2.05, 4.69) is 39.0 Å². The molecule has 1 radical (unpaired) electrons. The molecule has 0 amide bonds. The van der Waals surface area contributed by atoms with E-state index in [0.29, 0.717) is 5.92 Å². The minimum atomic E-state index is 0. The van der Waals surface area contributed by atoms with Crippen molar-refractivity contribution in [2.24, 2.45) is 0 Å². The van der Waals surface area contributed by atoms with Crippen LogP contribution in [-0.2, 0) is 32.7 Å². The first-order chi connectivity index (χ1) is 4.70. The third-order valence-electron chi connectivity index (χ3n) is 1.64. The van der Waals surface area contributed by atoms with Crippen LogP contribution in [0.1, 0.15) is 30.9 Å². The van der Waals surface area contributed by atoms with Crippen molar-refractivity contribution in [2.75, 3.05) is 0 Å². The summed E-state index contributed by atoms with van der Waals surface area (Å²) in [6, 6.07) is 9.43. The zero-order valence-electron chi connectivity index (χ0n) is 7.39. The van der Waals surface area contributed by atoms with E-state index in [1.165, 1.54) is 11.1 Å². The van der Waals surface area contributed by atoms with Gasteiger partial charge in [-0.3, -0.25) is 0 Å². The molecule has 1 rings (SSSR count). The van der Waals surface area contributed by atoms with Crippen LogP contribution in [0.15, 0.2) is 18.2 Å². The van der Waals surface area contributed by atoms with Gasteiger partial charge in [0.2, 0.25) is 0 Å². The van der Waals surface area contributed by atoms with Crippen LogP contribution in [-0.4, -0.2) is 0 Å². The molecule has 0 unspecified atom stereocenters. The Hall–Kier alpha value is 0.324. The van der Waals surface area contributed by atoms with Crippen molar-refractivity contribution in [2.45, 2.75) is 26.7 Å². The SMILES string of the molecule is Cc1[c-]ccc(C(C)C)c1.[Y]. The summed E-state index contributed by atoms with van der Waals surface area (Å²) in [7, 11) is 0. The monoisotopic (exact) mass is 222 g/mol. The van der Waals surface area contributed by atoms with Gasteiger partial charge in [-0.2, -0.15) is 35.4 Å². The fourth-order valence-electron chi connectivity index (χ4n) is 0.968. The van der Waals surface area contributed by atoms with Crippen LogP contribution in [0.3, 0.4) is 0 Å². The maximum absolute atomic E-state index is 3.13. The average molecular weight is 222 g/mol. The topological polar surface area (TPSA) is 0 Å². The van der Waals surface area contributed by atoms with Crippen molar-refractivity contribution in [3.8, 4) is 0 Å². The standard InChI is InChI=1S/C10H13.Y/c1-8(2)10-6-4-5-9(3)7-10;/h4,6-8H,1-3H3;/q-1;. The third-order valence-corrected chi connectivity index (χ3v) is 1.64. The molecule has 0 saturated carbocycles. The molecule has 0 spiro atoms. The van der Waals surface area contributed by atoms with Gasteiger partial charge in [-0.1, -0.05) is 20.8 Å². The van der Waals surface area contributed by atoms with E-state index in [0.717, 1.165) is 0 Å². The van der Waals surface area contributed by atoms with Gasteiger partial charge >= 0.3 is 0 Å². The first-order valence-electron chi connectivity index (χ1n) is 3.68. The van der Waals surface area contributed by atoms with Crippen molar-refractivity contribution in [1.82, 2.24) is 0 Å². The zero-order chi connectivity index (χ0) is 7.56. The Kier molecular flexibility index (Phi) is 5.20. The Morgan fingerprint density at radius 2 is 2.00 bits per heavy atom. The zero-order valence-corrected chi connectivity index (χ0v) is 10.2. The van der Waals surface area contributed by atoms with Gasteiger partial charge in [0.1, 0.15) is 0 Å². The minimum absolute atomic E-state index is 0. The summed E-state index contributed by atoms with van der Waals surface area (Å²) in [5, 5.41) is 0. The molecule has 1 aromatic carbocycles. The average Bonchev–Trinajstić information content (AvgIpc) is 1.88. The molecule has 0 aliphatic heterocycles. The summed E-state index contributed by atoms with van der Waals surface area (Å²) < 4.78 is 0. The number of aryl methyl sites for hydroxylation is 1. The largest absolute Gasteiger partial charge is 0.181 e. The van der Waals surface area contributed by atoms with Gasteiger partial charge in [-0.25, -0.2) is 0 Å². The summed E-state index contributed by atoms with van der Waals surface area (Å²) in [6.45, 7) is 6.48. The van der Waals surface area contributed by atoms with Gasteiger partial charge in [0.15, 0.2) is 0 Å². The van der Waals surface area contributed by atoms with E-state index in [9.17, 15) is 0 Å². The minimum Gasteiger partial charge on any atom is -0.181 e. The molecule has 0 N–H and O–H groups in total. The molecular formula is C10H13Y-. The Morgan fingerprint density at radius 1 is 1.36 bits per heavy atom. The smallest absolute Gasteiger partial charge is 0 e. The van der Waals surface area contributed by atoms with Gasteiger partial charge in [0.25, 0.3) is 0 Å². The van der Waals surface area contributed by atoms with E-state index in [1.807, 2.05) is 6.07 Å². The molecule has 57 valence electrons. The Labute approximate surface area is 94.3 Å². The van der Waals surface area contributed by atoms with Crippen LogP contribution in [0, 0.1) is 13.0 Å². The Morgan fingerprint density at radius 3 is 2.36 bits per heavy atom. The summed E-state index contributed by atoms with van der Waals surface area (Å²) in [5.41, 5.74) is 2.63. The molecule has 0 aromatic heterocycles. The van der Waals surface area contributed by atoms with Crippen molar-refractivity contribution in [3.05, 3.63) is 35.4 Å². The molecule has 11 heavy (non-hydrogen) atoms. The van der Waals surface area contributed by atoms with E-state index >= 15 is 0 Å². The molecule has 0 heterocycles. The molecule has 0 saturated heterocycles. The first kappa shape index (κ1) is 11.3. The summed E-state index contributed by atoms with van der Waals surface area (Å²) in [4.78, 5) is 0. The van der Waals surface area contributed by atoms with Gasteiger partial charge in [0.05, 0.1) is 0 Å². The maximum Gasteiger partial charge on any atom is 0 e. The quantitative estimate of drug-likeness (QED) is 0.641. The fourth-order valence-corrected chi connectivity index (χ4v) is 0.968. The normalized spacial score (nSPS) is 9.45. The predicted octanol–water partition coefficient (Wildman–Crippen LogP) is 2.92. The second-order valence-electron chi connectivity index (χ2n) is 2.96. The Balaban J connectivity index is 0.000001000. The van der Waals surface area contributed by atoms with Crippen LogP contribution in [0.25, 0.3) is 0 Å². The number of rotatable bonds is 1. The molecule has 0 atom stereocenters. The number of hydrogen-bond acceptors (Lipinski definition) is 0. The van der Waals surface area contributed by atoms with Crippen molar-refractivity contribution >= 4 is 0 Å². The summed E-state index contributed by atoms with van der Waals surface area (Å²) >= 11 is 0. The third kappa shape index (κ3) is 3.49. The molecule has 0 fully saturated rings. The van der Waals surface area contributed by atoms with Gasteiger partial charge in [-0.05, 0) is 5.92 Å². The van der Waals surface area contributed by atoms with Gasteiger partial charge in [-0.15, -0.1) is 0 Å². The molecular weight excluding hydrogens is 209 g/mol. The molecule has 0 aliphatic carbocycles. The van der Waals surface area contributed by atoms with Crippen molar-refractivity contribution in [3.63, 3.8) is 0 Å². The van der Waals surface area contributed by atoms with Gasteiger partial charge < -0.3 is 0 Å². The van der Waals surface area contributed by atoms with E-state index in [4.69, 9.17) is 0 Å². The van der Waals surface area contributed by atoms with Crippen LogP contribution >= 0.6 is 0 Å². The van der Waals surface area contributed by atoms with Crippen LogP contribution in [0.2, 0.25) is 0 Å². The van der Waals surface area contributed by atoms with E-state index in [1.54, 1.807) is 0 Å². The first-order valence-corrected chi connectivity index (χ1v) is 3.68. The van der Waals surface area contributed by atoms with E-state index in [-0.39, 0.29) is 32.7 Å². The second kappa shape index (κ2) is 5.06. The van der Waals surface area contributed by atoms with Crippen molar-refractivity contribution < 1.29 is 32.7 Å². The van der Waals surface area contributed by atoms with E-state index < -0.39 is 0 Å². The summed E-state index contributed by atoms with van der Waals surface area (Å²) in [5.74, 6) is 0.633. The van der Waals surface area contributed by atoms with Crippen LogP contribution < -0.4 is 0 Å². The molecule has 0 aliphatic rings. The summed E-state index contributed by atoms with van der Waals surface area (Å²) in [6.07, 6.45) is 0. The molecule has 1 aromatic rings. The number of benzene rings is 1. The molecule has 0 nitrogen and oxygen atoms in total. The predicted molar refractivity (Wildman–Crippen MR) is 44.1 cm³/mol. The Bertz CT molecular complexity index is 216. The maximum atomic E-state index is 3.13. The number of hydrogen-bond donors (Lipinski definition) is 0. The van der Waals surface area contributed by atoms with Gasteiger partial charge in [0, 0.05) is 32.7 Å². The van der Waals surface area contributed by atoms with Crippen molar-refractivity contribution in [1.29, 1.82) is 0 Å². The molecule has 0 bridgehead atoms.